The van der Waals surface area contributed by atoms with Gasteiger partial charge in [-0.3, -0.25) is 14.4 Å². The van der Waals surface area contributed by atoms with E-state index < -0.39 is 36.2 Å². The average Bonchev–Trinajstić information content (AvgIpc) is 2.82. The molecule has 10 heteroatoms. The van der Waals surface area contributed by atoms with E-state index in [1.807, 2.05) is 13.8 Å². The molecule has 0 saturated heterocycles. The Morgan fingerprint density at radius 2 is 1.47 bits per heavy atom. The van der Waals surface area contributed by atoms with Crippen molar-refractivity contribution >= 4 is 24.1 Å². The molecular formula is C24H35NO9. The molecule has 34 heavy (non-hydrogen) atoms. The Labute approximate surface area is 200 Å². The van der Waals surface area contributed by atoms with E-state index in [1.54, 1.807) is 26.8 Å². The van der Waals surface area contributed by atoms with E-state index in [4.69, 9.17) is 29.4 Å². The number of nitrogens with two attached hydrogens (primary N) is 1. The van der Waals surface area contributed by atoms with Crippen molar-refractivity contribution < 1.29 is 42.9 Å². The maximum absolute atomic E-state index is 12.3. The van der Waals surface area contributed by atoms with Crippen LogP contribution in [0.2, 0.25) is 0 Å². The topological polar surface area (TPSA) is 140 Å². The first-order valence-electron chi connectivity index (χ1n) is 11.4. The fourth-order valence-corrected chi connectivity index (χ4v) is 2.45. The highest BCUT2D eigenvalue weighted by atomic mass is 16.7. The van der Waals surface area contributed by atoms with E-state index in [-0.39, 0.29) is 49.9 Å². The average molecular weight is 482 g/mol. The molecule has 10 nitrogen and oxygen atoms in total. The Balaban J connectivity index is 2.67. The molecule has 0 bridgehead atoms. The van der Waals surface area contributed by atoms with Gasteiger partial charge in [-0.1, -0.05) is 40.2 Å². The van der Waals surface area contributed by atoms with Gasteiger partial charge in [0, 0.05) is 12.8 Å². The van der Waals surface area contributed by atoms with Crippen LogP contribution in [0.1, 0.15) is 59.4 Å². The first-order chi connectivity index (χ1) is 16.1. The molecule has 1 rings (SSSR count). The van der Waals surface area contributed by atoms with Gasteiger partial charge in [0.1, 0.15) is 18.8 Å². The maximum Gasteiger partial charge on any atom is 0.508 e. The zero-order valence-corrected chi connectivity index (χ0v) is 20.5. The molecule has 1 unspecified atom stereocenters. The molecule has 3 atom stereocenters. The quantitative estimate of drug-likeness (QED) is 0.329. The number of hydrogen-bond acceptors (Lipinski definition) is 10. The summed E-state index contributed by atoms with van der Waals surface area (Å²) in [4.78, 5) is 47.3. The molecule has 0 aliphatic carbocycles. The molecule has 1 aromatic rings. The minimum absolute atomic E-state index is 0.0596. The summed E-state index contributed by atoms with van der Waals surface area (Å²) in [6.07, 6.45) is -0.340. The highest BCUT2D eigenvalue weighted by molar-refractivity contribution is 5.77. The predicted molar refractivity (Wildman–Crippen MR) is 122 cm³/mol. The van der Waals surface area contributed by atoms with Crippen molar-refractivity contribution in [2.45, 2.75) is 72.4 Å². The molecule has 190 valence electrons. The van der Waals surface area contributed by atoms with Crippen LogP contribution in [0.3, 0.4) is 0 Å². The van der Waals surface area contributed by atoms with Crippen molar-refractivity contribution in [1.29, 1.82) is 0 Å². The lowest BCUT2D eigenvalue weighted by molar-refractivity contribution is -0.152. The molecule has 0 aromatic heterocycles. The van der Waals surface area contributed by atoms with E-state index in [0.29, 0.717) is 5.56 Å². The summed E-state index contributed by atoms with van der Waals surface area (Å²) >= 11 is 0. The van der Waals surface area contributed by atoms with Crippen LogP contribution in [-0.4, -0.2) is 49.4 Å². The lowest BCUT2D eigenvalue weighted by Crippen LogP contribution is -2.37. The van der Waals surface area contributed by atoms with Gasteiger partial charge in [-0.2, -0.15) is 0 Å². The zero-order valence-electron chi connectivity index (χ0n) is 20.5. The fraction of sp³-hybridized carbons (Fsp3) is 0.583. The number of carbonyl (C=O) groups excluding carboxylic acids is 4. The normalized spacial score (nSPS) is 13.2. The first kappa shape index (κ1) is 28.9. The molecule has 0 spiro atoms. The van der Waals surface area contributed by atoms with Crippen LogP contribution < -0.4 is 15.2 Å². The highest BCUT2D eigenvalue weighted by Gasteiger charge is 2.21. The van der Waals surface area contributed by atoms with E-state index in [2.05, 4.69) is 0 Å². The van der Waals surface area contributed by atoms with Gasteiger partial charge in [0.25, 0.3) is 0 Å². The number of benzene rings is 1. The monoisotopic (exact) mass is 481 g/mol. The van der Waals surface area contributed by atoms with Crippen LogP contribution in [-0.2, 0) is 35.0 Å². The van der Waals surface area contributed by atoms with Gasteiger partial charge in [-0.25, -0.2) is 4.79 Å². The van der Waals surface area contributed by atoms with E-state index in [0.717, 1.165) is 6.42 Å². The largest absolute Gasteiger partial charge is 0.508 e. The molecule has 0 fully saturated rings. The minimum Gasteiger partial charge on any atom is -0.458 e. The standard InChI is InChI=1S/C24H35NO9/c1-6-15(4)13-30-24(29)31-14-16(5)32-23(28)18(25)11-17-9-10-19(33-21(26)7-2)20(12-17)34-22(27)8-3/h9-10,12,15-16,18H,6-8,11,13-14,25H2,1-5H3/t15?,16-,18-/m0/s1. The van der Waals surface area contributed by atoms with Crippen LogP contribution in [0, 0.1) is 5.92 Å². The number of esters is 3. The SMILES string of the molecule is CCC(=O)Oc1ccc(C[C@H](N)C(=O)O[C@@H](C)COC(=O)OCC(C)CC)cc1OC(=O)CC. The second-order valence-corrected chi connectivity index (χ2v) is 7.88. The zero-order chi connectivity index (χ0) is 25.7. The molecule has 0 amide bonds. The van der Waals surface area contributed by atoms with Gasteiger partial charge in [0.2, 0.25) is 0 Å². The van der Waals surface area contributed by atoms with Gasteiger partial charge in [0.15, 0.2) is 11.5 Å². The molecule has 2 N–H and O–H groups in total. The fourth-order valence-electron chi connectivity index (χ4n) is 2.45. The van der Waals surface area contributed by atoms with Gasteiger partial charge < -0.3 is 29.4 Å². The van der Waals surface area contributed by atoms with Crippen molar-refractivity contribution in [1.82, 2.24) is 0 Å². The van der Waals surface area contributed by atoms with Crippen molar-refractivity contribution in [3.63, 3.8) is 0 Å². The number of ether oxygens (including phenoxy) is 5. The molecule has 0 aliphatic heterocycles. The van der Waals surface area contributed by atoms with Crippen LogP contribution >= 0.6 is 0 Å². The van der Waals surface area contributed by atoms with Gasteiger partial charge >= 0.3 is 24.1 Å². The van der Waals surface area contributed by atoms with Crippen molar-refractivity contribution in [2.24, 2.45) is 11.7 Å². The minimum atomic E-state index is -1.03. The van der Waals surface area contributed by atoms with E-state index in [9.17, 15) is 19.2 Å². The van der Waals surface area contributed by atoms with Crippen molar-refractivity contribution in [2.75, 3.05) is 13.2 Å². The predicted octanol–water partition coefficient (Wildman–Crippen LogP) is 3.32. The second kappa shape index (κ2) is 14.9. The number of carbonyl (C=O) groups is 4. The van der Waals surface area contributed by atoms with Gasteiger partial charge in [0.05, 0.1) is 6.61 Å². The van der Waals surface area contributed by atoms with E-state index >= 15 is 0 Å². The van der Waals surface area contributed by atoms with Crippen molar-refractivity contribution in [3.05, 3.63) is 23.8 Å². The molecule has 0 heterocycles. The molecule has 1 aromatic carbocycles. The molecular weight excluding hydrogens is 446 g/mol. The lowest BCUT2D eigenvalue weighted by atomic mass is 10.1. The third-order valence-electron chi connectivity index (χ3n) is 4.73. The second-order valence-electron chi connectivity index (χ2n) is 7.88. The Kier molecular flexibility index (Phi) is 12.7. The summed E-state index contributed by atoms with van der Waals surface area (Å²) in [5, 5.41) is 0. The van der Waals surface area contributed by atoms with E-state index in [1.165, 1.54) is 12.1 Å². The highest BCUT2D eigenvalue weighted by Crippen LogP contribution is 2.30. The summed E-state index contributed by atoms with van der Waals surface area (Å²) in [6, 6.07) is 3.53. The molecule has 0 aliphatic rings. The summed E-state index contributed by atoms with van der Waals surface area (Å²) in [5.41, 5.74) is 6.53. The summed E-state index contributed by atoms with van der Waals surface area (Å²) in [7, 11) is 0. The number of rotatable bonds is 13. The van der Waals surface area contributed by atoms with Crippen LogP contribution in [0.5, 0.6) is 11.5 Å². The third kappa shape index (κ3) is 10.7. The van der Waals surface area contributed by atoms with Crippen LogP contribution in [0.4, 0.5) is 4.79 Å². The number of hydrogen-bond donors (Lipinski definition) is 1. The summed E-state index contributed by atoms with van der Waals surface area (Å²) < 4.78 is 25.6. The molecule has 0 radical (unpaired) electrons. The Bertz CT molecular complexity index is 840. The Morgan fingerprint density at radius 1 is 0.882 bits per heavy atom. The Hall–Kier alpha value is -3.14. The molecule has 0 saturated carbocycles. The smallest absolute Gasteiger partial charge is 0.458 e. The van der Waals surface area contributed by atoms with Crippen LogP contribution in [0.25, 0.3) is 0 Å². The maximum atomic E-state index is 12.3. The summed E-state index contributed by atoms with van der Waals surface area (Å²) in [6.45, 7) is 8.84. The van der Waals surface area contributed by atoms with Gasteiger partial charge in [-0.05, 0) is 37.0 Å². The van der Waals surface area contributed by atoms with Crippen molar-refractivity contribution in [3.8, 4) is 11.5 Å². The lowest BCUT2D eigenvalue weighted by Gasteiger charge is -2.18. The van der Waals surface area contributed by atoms with Crippen LogP contribution in [0.15, 0.2) is 18.2 Å². The Morgan fingerprint density at radius 3 is 2.06 bits per heavy atom. The first-order valence-corrected chi connectivity index (χ1v) is 11.4. The summed E-state index contributed by atoms with van der Waals surface area (Å²) in [5.74, 6) is -1.31. The van der Waals surface area contributed by atoms with Gasteiger partial charge in [-0.15, -0.1) is 0 Å². The third-order valence-corrected chi connectivity index (χ3v) is 4.73.